The Bertz CT molecular complexity index is 444. The van der Waals surface area contributed by atoms with Gasteiger partial charge in [0.05, 0.1) is 6.04 Å². The van der Waals surface area contributed by atoms with Crippen LogP contribution in [0, 0.1) is 5.92 Å². The number of benzene rings is 1. The number of hydrogen-bond acceptors (Lipinski definition) is 2. The van der Waals surface area contributed by atoms with Crippen LogP contribution >= 0.6 is 0 Å². The van der Waals surface area contributed by atoms with E-state index in [9.17, 15) is 4.79 Å². The molecule has 3 heteroatoms. The minimum atomic E-state index is -0.0275. The van der Waals surface area contributed by atoms with Crippen LogP contribution in [-0.2, 0) is 4.79 Å². The molecule has 2 rings (SSSR count). The van der Waals surface area contributed by atoms with E-state index in [1.807, 2.05) is 23.1 Å². The van der Waals surface area contributed by atoms with Crippen LogP contribution in [0.15, 0.2) is 30.3 Å². The first-order valence-electron chi connectivity index (χ1n) is 8.25. The number of unbranched alkanes of at least 4 members (excludes halogenated alkanes) is 1. The monoisotopic (exact) mass is 288 g/mol. The van der Waals surface area contributed by atoms with Gasteiger partial charge in [-0.1, -0.05) is 63.9 Å². The standard InChI is InChI=1S/C18H28N2O/c1-4-16-18(21)20(13-9-8-10-14(2)3)17(19-16)15-11-6-5-7-12-15/h5-7,11-12,14,16-17,19H,4,8-10,13H2,1-3H3. The smallest absolute Gasteiger partial charge is 0.241 e. The summed E-state index contributed by atoms with van der Waals surface area (Å²) < 4.78 is 0. The van der Waals surface area contributed by atoms with Crippen LogP contribution in [0.1, 0.15) is 58.2 Å². The van der Waals surface area contributed by atoms with Gasteiger partial charge in [0.25, 0.3) is 0 Å². The molecule has 2 unspecified atom stereocenters. The zero-order valence-corrected chi connectivity index (χ0v) is 13.5. The maximum absolute atomic E-state index is 12.5. The molecule has 1 N–H and O–H groups in total. The Morgan fingerprint density at radius 3 is 2.52 bits per heavy atom. The summed E-state index contributed by atoms with van der Waals surface area (Å²) >= 11 is 0. The number of rotatable bonds is 7. The van der Waals surface area contributed by atoms with Crippen LogP contribution in [-0.4, -0.2) is 23.4 Å². The minimum absolute atomic E-state index is 0.0275. The summed E-state index contributed by atoms with van der Waals surface area (Å²) in [5.74, 6) is 1.00. The van der Waals surface area contributed by atoms with E-state index in [-0.39, 0.29) is 18.1 Å². The van der Waals surface area contributed by atoms with Gasteiger partial charge in [-0.3, -0.25) is 10.1 Å². The van der Waals surface area contributed by atoms with Crippen LogP contribution < -0.4 is 5.32 Å². The van der Waals surface area contributed by atoms with E-state index in [1.165, 1.54) is 18.4 Å². The fraction of sp³-hybridized carbons (Fsp3) is 0.611. The SMILES string of the molecule is CCC1NC(c2ccccc2)N(CCCCC(C)C)C1=O. The van der Waals surface area contributed by atoms with Gasteiger partial charge in [-0.15, -0.1) is 0 Å². The van der Waals surface area contributed by atoms with E-state index in [2.05, 4.69) is 38.2 Å². The van der Waals surface area contributed by atoms with Crippen molar-refractivity contribution in [1.82, 2.24) is 10.2 Å². The lowest BCUT2D eigenvalue weighted by molar-refractivity contribution is -0.130. The van der Waals surface area contributed by atoms with Gasteiger partial charge in [0, 0.05) is 6.54 Å². The van der Waals surface area contributed by atoms with Crippen LogP contribution in [0.25, 0.3) is 0 Å². The zero-order chi connectivity index (χ0) is 15.2. The number of amides is 1. The van der Waals surface area contributed by atoms with Gasteiger partial charge in [-0.25, -0.2) is 0 Å². The first kappa shape index (κ1) is 16.0. The number of hydrogen-bond donors (Lipinski definition) is 1. The second-order valence-corrected chi connectivity index (χ2v) is 6.36. The van der Waals surface area contributed by atoms with Crippen LogP contribution in [0.2, 0.25) is 0 Å². The molecule has 2 atom stereocenters. The first-order chi connectivity index (χ1) is 10.1. The number of carbonyl (C=O) groups is 1. The third-order valence-electron chi connectivity index (χ3n) is 4.21. The Labute approximate surface area is 128 Å². The molecular formula is C18H28N2O. The molecule has 1 aliphatic heterocycles. The van der Waals surface area contributed by atoms with Crippen molar-refractivity contribution in [2.24, 2.45) is 5.92 Å². The fourth-order valence-corrected chi connectivity index (χ4v) is 2.96. The van der Waals surface area contributed by atoms with Crippen LogP contribution in [0.5, 0.6) is 0 Å². The molecule has 0 radical (unpaired) electrons. The van der Waals surface area contributed by atoms with E-state index in [1.54, 1.807) is 0 Å². The first-order valence-corrected chi connectivity index (χ1v) is 8.25. The molecule has 1 aromatic carbocycles. The molecule has 1 aromatic rings. The lowest BCUT2D eigenvalue weighted by atomic mass is 10.1. The molecule has 0 saturated carbocycles. The van der Waals surface area contributed by atoms with Crippen LogP contribution in [0.3, 0.4) is 0 Å². The molecule has 1 aliphatic rings. The summed E-state index contributed by atoms with van der Waals surface area (Å²) in [6.45, 7) is 7.43. The Kier molecular flexibility index (Phi) is 5.80. The van der Waals surface area contributed by atoms with E-state index in [4.69, 9.17) is 0 Å². The minimum Gasteiger partial charge on any atom is -0.322 e. The predicted molar refractivity (Wildman–Crippen MR) is 86.8 cm³/mol. The van der Waals surface area contributed by atoms with Gasteiger partial charge in [-0.2, -0.15) is 0 Å². The molecular weight excluding hydrogens is 260 g/mol. The highest BCUT2D eigenvalue weighted by Gasteiger charge is 2.37. The van der Waals surface area contributed by atoms with E-state index < -0.39 is 0 Å². The fourth-order valence-electron chi connectivity index (χ4n) is 2.96. The highest BCUT2D eigenvalue weighted by atomic mass is 16.2. The number of nitrogens with one attached hydrogen (secondary N) is 1. The van der Waals surface area contributed by atoms with Gasteiger partial charge in [-0.05, 0) is 24.3 Å². The molecule has 21 heavy (non-hydrogen) atoms. The molecule has 0 aromatic heterocycles. The summed E-state index contributed by atoms with van der Waals surface area (Å²) in [4.78, 5) is 14.5. The zero-order valence-electron chi connectivity index (χ0n) is 13.5. The van der Waals surface area contributed by atoms with Gasteiger partial charge in [0.15, 0.2) is 0 Å². The van der Waals surface area contributed by atoms with E-state index in [0.29, 0.717) is 0 Å². The summed E-state index contributed by atoms with van der Waals surface area (Å²) in [6.07, 6.45) is 4.42. The Morgan fingerprint density at radius 1 is 1.19 bits per heavy atom. The normalized spacial score (nSPS) is 22.3. The topological polar surface area (TPSA) is 32.3 Å². The lowest BCUT2D eigenvalue weighted by Crippen LogP contribution is -2.31. The molecule has 1 fully saturated rings. The molecule has 0 spiro atoms. The lowest BCUT2D eigenvalue weighted by Gasteiger charge is -2.24. The second kappa shape index (κ2) is 7.60. The third kappa shape index (κ3) is 4.07. The Balaban J connectivity index is 2.01. The van der Waals surface area contributed by atoms with Gasteiger partial charge < -0.3 is 4.90 Å². The number of carbonyl (C=O) groups excluding carboxylic acids is 1. The molecule has 1 amide bonds. The molecule has 1 saturated heterocycles. The highest BCUT2D eigenvalue weighted by molar-refractivity contribution is 5.84. The number of nitrogens with zero attached hydrogens (tertiary/aromatic N) is 1. The molecule has 116 valence electrons. The van der Waals surface area contributed by atoms with Crippen molar-refractivity contribution in [2.75, 3.05) is 6.54 Å². The molecule has 3 nitrogen and oxygen atoms in total. The van der Waals surface area contributed by atoms with Crippen molar-refractivity contribution in [2.45, 2.75) is 58.7 Å². The average Bonchev–Trinajstić information content (AvgIpc) is 2.81. The Morgan fingerprint density at radius 2 is 1.90 bits per heavy atom. The van der Waals surface area contributed by atoms with Gasteiger partial charge in [0.2, 0.25) is 5.91 Å². The summed E-state index contributed by atoms with van der Waals surface area (Å²) in [7, 11) is 0. The molecule has 1 heterocycles. The van der Waals surface area contributed by atoms with Gasteiger partial charge >= 0.3 is 0 Å². The Hall–Kier alpha value is -1.35. The van der Waals surface area contributed by atoms with Crippen molar-refractivity contribution in [3.63, 3.8) is 0 Å². The third-order valence-corrected chi connectivity index (χ3v) is 4.21. The maximum Gasteiger partial charge on any atom is 0.241 e. The quantitative estimate of drug-likeness (QED) is 0.776. The maximum atomic E-state index is 12.5. The van der Waals surface area contributed by atoms with E-state index in [0.717, 1.165) is 25.3 Å². The van der Waals surface area contributed by atoms with Crippen molar-refractivity contribution in [3.8, 4) is 0 Å². The van der Waals surface area contributed by atoms with Crippen molar-refractivity contribution in [3.05, 3.63) is 35.9 Å². The average molecular weight is 288 g/mol. The summed E-state index contributed by atoms with van der Waals surface area (Å²) in [5, 5.41) is 3.48. The molecule has 0 aliphatic carbocycles. The second-order valence-electron chi connectivity index (χ2n) is 6.36. The molecule has 0 bridgehead atoms. The van der Waals surface area contributed by atoms with Crippen molar-refractivity contribution >= 4 is 5.91 Å². The summed E-state index contributed by atoms with van der Waals surface area (Å²) in [5.41, 5.74) is 1.19. The summed E-state index contributed by atoms with van der Waals surface area (Å²) in [6, 6.07) is 10.3. The van der Waals surface area contributed by atoms with Gasteiger partial charge in [0.1, 0.15) is 6.17 Å². The van der Waals surface area contributed by atoms with Crippen molar-refractivity contribution < 1.29 is 4.79 Å². The van der Waals surface area contributed by atoms with Crippen LogP contribution in [0.4, 0.5) is 0 Å². The highest BCUT2D eigenvalue weighted by Crippen LogP contribution is 2.26. The largest absolute Gasteiger partial charge is 0.322 e. The predicted octanol–water partition coefficient (Wildman–Crippen LogP) is 3.72. The van der Waals surface area contributed by atoms with E-state index >= 15 is 0 Å². The van der Waals surface area contributed by atoms with Crippen molar-refractivity contribution in [1.29, 1.82) is 0 Å².